The van der Waals surface area contributed by atoms with Gasteiger partial charge in [-0.25, -0.2) is 0 Å². The lowest BCUT2D eigenvalue weighted by atomic mass is 9.71. The molecule has 1 heterocycles. The second kappa shape index (κ2) is 3.29. The van der Waals surface area contributed by atoms with Crippen molar-refractivity contribution in [3.63, 3.8) is 0 Å². The van der Waals surface area contributed by atoms with E-state index in [2.05, 4.69) is 5.32 Å². The summed E-state index contributed by atoms with van der Waals surface area (Å²) in [5.41, 5.74) is 0.129. The van der Waals surface area contributed by atoms with E-state index in [0.717, 1.165) is 19.4 Å². The number of rotatable bonds is 1. The SMILES string of the molecule is CO[C@H]1CCCC[C@]12CNC(=O)C2. The van der Waals surface area contributed by atoms with Crippen LogP contribution in [0.1, 0.15) is 32.1 Å². The molecular weight excluding hydrogens is 166 g/mol. The molecule has 2 aliphatic rings. The molecule has 1 saturated heterocycles. The van der Waals surface area contributed by atoms with E-state index in [1.54, 1.807) is 7.11 Å². The Morgan fingerprint density at radius 1 is 1.54 bits per heavy atom. The van der Waals surface area contributed by atoms with Crippen molar-refractivity contribution in [3.05, 3.63) is 0 Å². The molecule has 0 aromatic carbocycles. The van der Waals surface area contributed by atoms with Crippen LogP contribution in [0.4, 0.5) is 0 Å². The zero-order valence-electron chi connectivity index (χ0n) is 8.14. The predicted molar refractivity (Wildman–Crippen MR) is 49.3 cm³/mol. The normalized spacial score (nSPS) is 39.5. The third kappa shape index (κ3) is 1.46. The van der Waals surface area contributed by atoms with Crippen molar-refractivity contribution in [2.24, 2.45) is 5.41 Å². The maximum atomic E-state index is 11.2. The fourth-order valence-electron chi connectivity index (χ4n) is 2.77. The molecule has 3 heteroatoms. The van der Waals surface area contributed by atoms with Gasteiger partial charge in [-0.2, -0.15) is 0 Å². The number of hydrogen-bond acceptors (Lipinski definition) is 2. The van der Waals surface area contributed by atoms with Crippen LogP contribution in [-0.2, 0) is 9.53 Å². The van der Waals surface area contributed by atoms with E-state index in [4.69, 9.17) is 4.74 Å². The Hall–Kier alpha value is -0.570. The van der Waals surface area contributed by atoms with Crippen LogP contribution < -0.4 is 5.32 Å². The molecule has 0 unspecified atom stereocenters. The van der Waals surface area contributed by atoms with Gasteiger partial charge in [-0.1, -0.05) is 12.8 Å². The number of hydrogen-bond donors (Lipinski definition) is 1. The smallest absolute Gasteiger partial charge is 0.220 e. The van der Waals surface area contributed by atoms with Gasteiger partial charge in [-0.3, -0.25) is 4.79 Å². The van der Waals surface area contributed by atoms with Crippen molar-refractivity contribution in [3.8, 4) is 0 Å². The van der Waals surface area contributed by atoms with Crippen molar-refractivity contribution >= 4 is 5.91 Å². The van der Waals surface area contributed by atoms with Gasteiger partial charge in [0.15, 0.2) is 0 Å². The summed E-state index contributed by atoms with van der Waals surface area (Å²) in [6.07, 6.45) is 5.71. The van der Waals surface area contributed by atoms with Crippen molar-refractivity contribution < 1.29 is 9.53 Å². The monoisotopic (exact) mass is 183 g/mol. The van der Waals surface area contributed by atoms with Crippen molar-refractivity contribution in [1.82, 2.24) is 5.32 Å². The highest BCUT2D eigenvalue weighted by Gasteiger charge is 2.46. The van der Waals surface area contributed by atoms with E-state index in [9.17, 15) is 4.79 Å². The second-order valence-corrected chi connectivity index (χ2v) is 4.29. The lowest BCUT2D eigenvalue weighted by Gasteiger charge is -2.38. The number of carbonyl (C=O) groups is 1. The van der Waals surface area contributed by atoms with Crippen molar-refractivity contribution in [1.29, 1.82) is 0 Å². The van der Waals surface area contributed by atoms with Crippen LogP contribution in [0, 0.1) is 5.41 Å². The van der Waals surface area contributed by atoms with E-state index in [1.165, 1.54) is 12.8 Å². The number of carbonyl (C=O) groups excluding carboxylic acids is 1. The molecule has 3 nitrogen and oxygen atoms in total. The third-order valence-corrected chi connectivity index (χ3v) is 3.51. The molecule has 1 saturated carbocycles. The van der Waals surface area contributed by atoms with Gasteiger partial charge in [-0.05, 0) is 12.8 Å². The molecular formula is C10H17NO2. The first-order valence-electron chi connectivity index (χ1n) is 5.06. The van der Waals surface area contributed by atoms with Gasteiger partial charge in [0, 0.05) is 25.5 Å². The fraction of sp³-hybridized carbons (Fsp3) is 0.900. The van der Waals surface area contributed by atoms with Gasteiger partial charge < -0.3 is 10.1 Å². The zero-order chi connectivity index (χ0) is 9.31. The Kier molecular flexibility index (Phi) is 2.28. The molecule has 0 aromatic heterocycles. The molecule has 2 atom stereocenters. The van der Waals surface area contributed by atoms with Crippen LogP contribution >= 0.6 is 0 Å². The lowest BCUT2D eigenvalue weighted by Crippen LogP contribution is -2.41. The predicted octanol–water partition coefficient (Wildman–Crippen LogP) is 1.08. The average molecular weight is 183 g/mol. The van der Waals surface area contributed by atoms with Gasteiger partial charge in [0.2, 0.25) is 5.91 Å². The van der Waals surface area contributed by atoms with Crippen molar-refractivity contribution in [2.45, 2.75) is 38.2 Å². The molecule has 74 valence electrons. The first kappa shape index (κ1) is 9.00. The minimum atomic E-state index is 0.129. The van der Waals surface area contributed by atoms with Gasteiger partial charge in [-0.15, -0.1) is 0 Å². The van der Waals surface area contributed by atoms with Gasteiger partial charge in [0.05, 0.1) is 6.10 Å². The van der Waals surface area contributed by atoms with Crippen LogP contribution in [0.25, 0.3) is 0 Å². The van der Waals surface area contributed by atoms with E-state index < -0.39 is 0 Å². The summed E-state index contributed by atoms with van der Waals surface area (Å²) >= 11 is 0. The second-order valence-electron chi connectivity index (χ2n) is 4.29. The molecule has 1 aliphatic heterocycles. The topological polar surface area (TPSA) is 38.3 Å². The quantitative estimate of drug-likeness (QED) is 0.660. The molecule has 1 amide bonds. The highest BCUT2D eigenvalue weighted by atomic mass is 16.5. The highest BCUT2D eigenvalue weighted by molar-refractivity contribution is 5.79. The largest absolute Gasteiger partial charge is 0.381 e. The summed E-state index contributed by atoms with van der Waals surface area (Å²) in [6.45, 7) is 0.824. The summed E-state index contributed by atoms with van der Waals surface area (Å²) in [5, 5.41) is 2.93. The molecule has 2 fully saturated rings. The average Bonchev–Trinajstić information content (AvgIpc) is 2.49. The minimum Gasteiger partial charge on any atom is -0.381 e. The Balaban J connectivity index is 2.13. The Morgan fingerprint density at radius 3 is 3.00 bits per heavy atom. The summed E-state index contributed by atoms with van der Waals surface area (Å²) < 4.78 is 5.48. The third-order valence-electron chi connectivity index (χ3n) is 3.51. The van der Waals surface area contributed by atoms with E-state index in [0.29, 0.717) is 12.5 Å². The van der Waals surface area contributed by atoms with Crippen LogP contribution in [0.3, 0.4) is 0 Å². The van der Waals surface area contributed by atoms with Crippen LogP contribution in [-0.4, -0.2) is 25.7 Å². The standard InChI is InChI=1S/C10H17NO2/c1-13-8-4-2-3-5-10(8)6-9(12)11-7-10/h8H,2-7H2,1H3,(H,11,12)/t8-,10-/m0/s1. The number of methoxy groups -OCH3 is 1. The maximum absolute atomic E-state index is 11.2. The molecule has 1 spiro atoms. The molecule has 2 rings (SSSR count). The highest BCUT2D eigenvalue weighted by Crippen LogP contribution is 2.42. The molecule has 0 radical (unpaired) electrons. The Labute approximate surface area is 78.8 Å². The number of ether oxygens (including phenoxy) is 1. The van der Waals surface area contributed by atoms with Crippen LogP contribution in [0.15, 0.2) is 0 Å². The van der Waals surface area contributed by atoms with Gasteiger partial charge >= 0.3 is 0 Å². The molecule has 13 heavy (non-hydrogen) atoms. The van der Waals surface area contributed by atoms with E-state index in [1.807, 2.05) is 0 Å². The first-order chi connectivity index (χ1) is 6.27. The van der Waals surface area contributed by atoms with E-state index in [-0.39, 0.29) is 11.3 Å². The van der Waals surface area contributed by atoms with Gasteiger partial charge in [0.1, 0.15) is 0 Å². The van der Waals surface area contributed by atoms with Crippen LogP contribution in [0.2, 0.25) is 0 Å². The molecule has 0 bridgehead atoms. The number of nitrogens with one attached hydrogen (secondary N) is 1. The zero-order valence-corrected chi connectivity index (χ0v) is 8.14. The summed E-state index contributed by atoms with van der Waals surface area (Å²) in [5.74, 6) is 0.198. The summed E-state index contributed by atoms with van der Waals surface area (Å²) in [4.78, 5) is 11.2. The summed E-state index contributed by atoms with van der Waals surface area (Å²) in [7, 11) is 1.76. The summed E-state index contributed by atoms with van der Waals surface area (Å²) in [6, 6.07) is 0. The molecule has 1 aliphatic carbocycles. The molecule has 1 N–H and O–H groups in total. The Morgan fingerprint density at radius 2 is 2.38 bits per heavy atom. The fourth-order valence-corrected chi connectivity index (χ4v) is 2.77. The first-order valence-corrected chi connectivity index (χ1v) is 5.06. The van der Waals surface area contributed by atoms with Gasteiger partial charge in [0.25, 0.3) is 0 Å². The Bertz CT molecular complexity index is 217. The number of amides is 1. The van der Waals surface area contributed by atoms with Crippen LogP contribution in [0.5, 0.6) is 0 Å². The van der Waals surface area contributed by atoms with Crippen molar-refractivity contribution in [2.75, 3.05) is 13.7 Å². The minimum absolute atomic E-state index is 0.129. The molecule has 0 aromatic rings. The van der Waals surface area contributed by atoms with E-state index >= 15 is 0 Å². The lowest BCUT2D eigenvalue weighted by molar-refractivity contribution is -0.121. The maximum Gasteiger partial charge on any atom is 0.220 e.